The Morgan fingerprint density at radius 1 is 1.50 bits per heavy atom. The lowest BCUT2D eigenvalue weighted by Crippen LogP contribution is -2.05. The van der Waals surface area contributed by atoms with E-state index < -0.39 is 16.7 Å². The van der Waals surface area contributed by atoms with Crippen LogP contribution in [0.4, 0.5) is 8.78 Å². The Bertz CT molecular complexity index is 192. The van der Waals surface area contributed by atoms with E-state index >= 15 is 0 Å². The molecule has 0 bridgehead atoms. The van der Waals surface area contributed by atoms with Crippen molar-refractivity contribution in [3.63, 3.8) is 0 Å². The fraction of sp³-hybridized carbons (Fsp3) is 0.500. The second-order valence-electron chi connectivity index (χ2n) is 2.36. The molecule has 0 amide bonds. The zero-order valence-electron chi connectivity index (χ0n) is 5.03. The highest BCUT2D eigenvalue weighted by atomic mass is 35.5. The minimum absolute atomic E-state index is 0.451. The van der Waals surface area contributed by atoms with E-state index in [0.29, 0.717) is 18.9 Å². The summed E-state index contributed by atoms with van der Waals surface area (Å²) in [7, 11) is 0. The van der Waals surface area contributed by atoms with E-state index in [4.69, 9.17) is 11.6 Å². The monoisotopic (exact) mass is 166 g/mol. The van der Waals surface area contributed by atoms with Crippen molar-refractivity contribution in [3.05, 3.63) is 12.2 Å². The lowest BCUT2D eigenvalue weighted by atomic mass is 10.1. The Balaban J connectivity index is 2.71. The molecular weight excluding hydrogens is 162 g/mol. The van der Waals surface area contributed by atoms with Gasteiger partial charge in [0.25, 0.3) is 6.08 Å². The number of hydrogen-bond donors (Lipinski definition) is 0. The number of allylic oxidation sites excluding steroid dienone is 1. The van der Waals surface area contributed by atoms with Crippen molar-refractivity contribution in [3.8, 4) is 0 Å². The predicted octanol–water partition coefficient (Wildman–Crippen LogP) is 2.31. The van der Waals surface area contributed by atoms with Gasteiger partial charge in [0.1, 0.15) is 0 Å². The van der Waals surface area contributed by atoms with Gasteiger partial charge in [0.2, 0.25) is 5.24 Å². The molecule has 4 heteroatoms. The summed E-state index contributed by atoms with van der Waals surface area (Å²) < 4.78 is 23.2. The third kappa shape index (κ3) is 1.34. The summed E-state index contributed by atoms with van der Waals surface area (Å²) in [5.41, 5.74) is -1.01. The van der Waals surface area contributed by atoms with Crippen LogP contribution in [0.25, 0.3) is 0 Å². The van der Waals surface area contributed by atoms with Crippen molar-refractivity contribution < 1.29 is 13.6 Å². The molecule has 1 aliphatic carbocycles. The van der Waals surface area contributed by atoms with Gasteiger partial charge in [0, 0.05) is 0 Å². The van der Waals surface area contributed by atoms with Crippen LogP contribution >= 0.6 is 11.6 Å². The van der Waals surface area contributed by atoms with E-state index in [1.807, 2.05) is 0 Å². The maximum Gasteiger partial charge on any atom is 0.267 e. The fourth-order valence-electron chi connectivity index (χ4n) is 0.741. The predicted molar refractivity (Wildman–Crippen MR) is 32.8 cm³/mol. The molecule has 1 fully saturated rings. The highest BCUT2D eigenvalue weighted by Gasteiger charge is 2.47. The van der Waals surface area contributed by atoms with Crippen LogP contribution in [-0.4, -0.2) is 5.24 Å². The van der Waals surface area contributed by atoms with E-state index in [9.17, 15) is 13.6 Å². The Labute approximate surface area is 61.7 Å². The molecule has 1 saturated carbocycles. The summed E-state index contributed by atoms with van der Waals surface area (Å²) in [4.78, 5) is 10.5. The third-order valence-corrected chi connectivity index (χ3v) is 1.94. The molecule has 10 heavy (non-hydrogen) atoms. The van der Waals surface area contributed by atoms with Gasteiger partial charge in [-0.05, 0) is 30.5 Å². The molecule has 0 aromatic heterocycles. The zero-order chi connectivity index (χ0) is 7.78. The molecule has 0 aliphatic heterocycles. The zero-order valence-corrected chi connectivity index (χ0v) is 5.79. The van der Waals surface area contributed by atoms with E-state index in [0.717, 1.165) is 0 Å². The third-order valence-electron chi connectivity index (χ3n) is 1.57. The van der Waals surface area contributed by atoms with Crippen LogP contribution < -0.4 is 0 Å². The second kappa shape index (κ2) is 2.31. The van der Waals surface area contributed by atoms with Gasteiger partial charge in [-0.1, -0.05) is 0 Å². The Morgan fingerprint density at radius 2 is 2.00 bits per heavy atom. The maximum absolute atomic E-state index is 11.6. The molecular formula is C6H5ClF2O. The summed E-state index contributed by atoms with van der Waals surface area (Å²) >= 11 is 5.06. The average Bonchev–Trinajstić information content (AvgIpc) is 2.46. The summed E-state index contributed by atoms with van der Waals surface area (Å²) in [5, 5.41) is -0.680. The molecule has 0 spiro atoms. The normalized spacial score (nSPS) is 19.9. The smallest absolute Gasteiger partial charge is 0.267 e. The molecule has 0 aromatic carbocycles. The molecule has 1 nitrogen and oxygen atoms in total. The van der Waals surface area contributed by atoms with Crippen LogP contribution in [0, 0.1) is 5.41 Å². The van der Waals surface area contributed by atoms with Crippen molar-refractivity contribution >= 4 is 16.8 Å². The molecule has 0 aromatic rings. The number of rotatable bonds is 2. The number of carbonyl (C=O) groups excluding carboxylic acids is 1. The lowest BCUT2D eigenvalue weighted by molar-refractivity contribution is -0.114. The van der Waals surface area contributed by atoms with Gasteiger partial charge in [0.15, 0.2) is 0 Å². The molecule has 0 radical (unpaired) electrons. The van der Waals surface area contributed by atoms with Crippen LogP contribution in [0.5, 0.6) is 0 Å². The quantitative estimate of drug-likeness (QED) is 0.576. The summed E-state index contributed by atoms with van der Waals surface area (Å²) in [6.07, 6.45) is -0.284. The molecule has 0 atom stereocenters. The van der Waals surface area contributed by atoms with Gasteiger partial charge in [-0.25, -0.2) is 0 Å². The van der Waals surface area contributed by atoms with E-state index in [1.54, 1.807) is 0 Å². The second-order valence-corrected chi connectivity index (χ2v) is 2.71. The van der Waals surface area contributed by atoms with Gasteiger partial charge in [-0.3, -0.25) is 4.79 Å². The first kappa shape index (κ1) is 7.66. The standard InChI is InChI=1S/C6H5ClF2O/c7-5(10)6(1-2-6)3-4(8)9/h3H,1-2H2. The minimum Gasteiger partial charge on any atom is -0.280 e. The first-order valence-corrected chi connectivity index (χ1v) is 3.18. The fourth-order valence-corrected chi connectivity index (χ4v) is 0.985. The summed E-state index contributed by atoms with van der Waals surface area (Å²) in [6, 6.07) is 0. The Morgan fingerprint density at radius 3 is 2.10 bits per heavy atom. The summed E-state index contributed by atoms with van der Waals surface area (Å²) in [5.74, 6) is 0. The van der Waals surface area contributed by atoms with Gasteiger partial charge in [-0.15, -0.1) is 0 Å². The molecule has 0 saturated heterocycles. The van der Waals surface area contributed by atoms with Crippen LogP contribution in [0.3, 0.4) is 0 Å². The Kier molecular flexibility index (Phi) is 1.77. The Hall–Kier alpha value is -0.440. The average molecular weight is 167 g/mol. The van der Waals surface area contributed by atoms with Crippen molar-refractivity contribution in [1.82, 2.24) is 0 Å². The highest BCUT2D eigenvalue weighted by molar-refractivity contribution is 6.65. The number of carbonyl (C=O) groups is 1. The van der Waals surface area contributed by atoms with Crippen LogP contribution in [0.15, 0.2) is 12.2 Å². The molecule has 1 aliphatic rings. The van der Waals surface area contributed by atoms with Crippen LogP contribution in [0.2, 0.25) is 0 Å². The lowest BCUT2D eigenvalue weighted by Gasteiger charge is -1.98. The van der Waals surface area contributed by atoms with E-state index in [2.05, 4.69) is 0 Å². The molecule has 0 unspecified atom stereocenters. The molecule has 1 rings (SSSR count). The van der Waals surface area contributed by atoms with E-state index in [-0.39, 0.29) is 0 Å². The molecule has 0 heterocycles. The maximum atomic E-state index is 11.6. The first-order valence-electron chi connectivity index (χ1n) is 2.81. The van der Waals surface area contributed by atoms with Crippen LogP contribution in [0.1, 0.15) is 12.8 Å². The summed E-state index contributed by atoms with van der Waals surface area (Å²) in [6.45, 7) is 0. The molecule has 0 N–H and O–H groups in total. The van der Waals surface area contributed by atoms with Gasteiger partial charge in [-0.2, -0.15) is 8.78 Å². The van der Waals surface area contributed by atoms with Crippen molar-refractivity contribution in [2.24, 2.45) is 5.41 Å². The number of halogens is 3. The van der Waals surface area contributed by atoms with E-state index in [1.165, 1.54) is 0 Å². The van der Waals surface area contributed by atoms with Gasteiger partial charge >= 0.3 is 0 Å². The van der Waals surface area contributed by atoms with Crippen molar-refractivity contribution in [1.29, 1.82) is 0 Å². The van der Waals surface area contributed by atoms with Crippen molar-refractivity contribution in [2.75, 3.05) is 0 Å². The van der Waals surface area contributed by atoms with Gasteiger partial charge < -0.3 is 0 Å². The van der Waals surface area contributed by atoms with Gasteiger partial charge in [0.05, 0.1) is 5.41 Å². The number of hydrogen-bond acceptors (Lipinski definition) is 1. The highest BCUT2D eigenvalue weighted by Crippen LogP contribution is 2.49. The SMILES string of the molecule is O=C(Cl)C1(C=C(F)F)CC1. The largest absolute Gasteiger partial charge is 0.280 e. The van der Waals surface area contributed by atoms with Crippen LogP contribution in [-0.2, 0) is 4.79 Å². The topological polar surface area (TPSA) is 17.1 Å². The van der Waals surface area contributed by atoms with Crippen molar-refractivity contribution in [2.45, 2.75) is 12.8 Å². The molecule has 56 valence electrons. The first-order chi connectivity index (χ1) is 4.57. The minimum atomic E-state index is -1.83.